The number of carbonyl (C=O) groups is 3. The SMILES string of the molecule is C=CCCCCC[C@H](Nc1ccc(F)c(OC(F)(F)F)c1)C(=O)N1C[C@H](Oc2cc(-c3nc(C(C)C)cs3)nc3c(C)c(OC)ccc23)C[C@H]1C(=O)N[C@]1(C(=O)NS(=O)(=O)C2(C)CC2)C[C@H]1C=C. The number of unbranched alkanes of at least 4 members (excludes halogenated alkanes) is 3. The number of sulfonamides is 1. The summed E-state index contributed by atoms with van der Waals surface area (Å²) in [7, 11) is -2.55. The van der Waals surface area contributed by atoms with Gasteiger partial charge in [0, 0.05) is 46.5 Å². The van der Waals surface area contributed by atoms with E-state index in [-0.39, 0.29) is 37.4 Å². The highest BCUT2D eigenvalue weighted by molar-refractivity contribution is 7.91. The normalized spacial score (nSPS) is 21.2. The summed E-state index contributed by atoms with van der Waals surface area (Å²) in [6.45, 7) is 14.8. The minimum absolute atomic E-state index is 0.0482. The van der Waals surface area contributed by atoms with E-state index in [4.69, 9.17) is 19.4 Å². The average molecular weight is 985 g/mol. The van der Waals surface area contributed by atoms with Crippen molar-refractivity contribution in [3.63, 3.8) is 0 Å². The van der Waals surface area contributed by atoms with Gasteiger partial charge < -0.3 is 29.7 Å². The van der Waals surface area contributed by atoms with Gasteiger partial charge in [-0.05, 0) is 82.6 Å². The maximum absolute atomic E-state index is 15.0. The van der Waals surface area contributed by atoms with Crippen molar-refractivity contribution in [1.82, 2.24) is 24.9 Å². The Labute approximate surface area is 397 Å². The van der Waals surface area contributed by atoms with Crippen LogP contribution >= 0.6 is 11.3 Å². The first-order chi connectivity index (χ1) is 32.1. The molecule has 4 aromatic rings. The summed E-state index contributed by atoms with van der Waals surface area (Å²) < 4.78 is 98.2. The second kappa shape index (κ2) is 19.7. The van der Waals surface area contributed by atoms with Crippen LogP contribution in [0.1, 0.15) is 95.7 Å². The van der Waals surface area contributed by atoms with E-state index in [1.807, 2.05) is 26.2 Å². The van der Waals surface area contributed by atoms with E-state index in [2.05, 4.69) is 33.3 Å². The molecule has 5 atom stereocenters. The number of pyridine rings is 1. The van der Waals surface area contributed by atoms with Crippen molar-refractivity contribution >= 4 is 55.7 Å². The number of anilines is 1. The molecule has 366 valence electrons. The van der Waals surface area contributed by atoms with Gasteiger partial charge in [-0.3, -0.25) is 19.1 Å². The largest absolute Gasteiger partial charge is 0.573 e. The Morgan fingerprint density at radius 1 is 1.04 bits per heavy atom. The second-order valence-corrected chi connectivity index (χ2v) is 21.3. The quantitative estimate of drug-likeness (QED) is 0.0413. The van der Waals surface area contributed by atoms with Crippen molar-refractivity contribution in [2.24, 2.45) is 5.92 Å². The van der Waals surface area contributed by atoms with E-state index in [0.29, 0.717) is 65.2 Å². The first-order valence-electron chi connectivity index (χ1n) is 22.5. The number of halogens is 4. The van der Waals surface area contributed by atoms with Gasteiger partial charge in [0.25, 0.3) is 5.91 Å². The minimum atomic E-state index is -5.20. The van der Waals surface area contributed by atoms with Gasteiger partial charge in [-0.15, -0.1) is 37.7 Å². The Bertz CT molecular complexity index is 2710. The third-order valence-corrected chi connectivity index (χ3v) is 16.0. The predicted octanol–water partition coefficient (Wildman–Crippen LogP) is 8.86. The molecule has 1 saturated heterocycles. The number of allylic oxidation sites excluding steroid dienone is 1. The zero-order chi connectivity index (χ0) is 49.3. The van der Waals surface area contributed by atoms with Crippen molar-refractivity contribution in [2.45, 2.75) is 126 Å². The van der Waals surface area contributed by atoms with E-state index in [1.54, 1.807) is 31.4 Å². The zero-order valence-electron chi connectivity index (χ0n) is 38.5. The summed E-state index contributed by atoms with van der Waals surface area (Å²) in [4.78, 5) is 54.8. The fraction of sp³-hybridized carbons (Fsp3) is 0.479. The minimum Gasteiger partial charge on any atom is -0.496 e. The smallest absolute Gasteiger partial charge is 0.496 e. The van der Waals surface area contributed by atoms with Gasteiger partial charge in [-0.2, -0.15) is 0 Å². The van der Waals surface area contributed by atoms with Crippen LogP contribution in [0.15, 0.2) is 67.1 Å². The fourth-order valence-corrected chi connectivity index (χ4v) is 10.7. The number of nitrogens with zero attached hydrogens (tertiary/aromatic N) is 3. The molecule has 14 nitrogen and oxygen atoms in total. The first kappa shape index (κ1) is 50.1. The maximum Gasteiger partial charge on any atom is 0.573 e. The molecule has 3 heterocycles. The molecular formula is C48H56F4N6O8S2. The van der Waals surface area contributed by atoms with Gasteiger partial charge in [0.1, 0.15) is 45.9 Å². The maximum atomic E-state index is 15.0. The lowest BCUT2D eigenvalue weighted by atomic mass is 10.0. The topological polar surface area (TPSA) is 178 Å². The molecule has 3 fully saturated rings. The van der Waals surface area contributed by atoms with Crippen LogP contribution < -0.4 is 29.6 Å². The fourth-order valence-electron chi connectivity index (χ4n) is 8.42. The van der Waals surface area contributed by atoms with E-state index in [1.165, 1.54) is 35.3 Å². The van der Waals surface area contributed by atoms with Crippen LogP contribution in [-0.4, -0.2) is 89.5 Å². The number of hydrogen-bond donors (Lipinski definition) is 3. The zero-order valence-corrected chi connectivity index (χ0v) is 40.1. The molecule has 0 radical (unpaired) electrons. The standard InChI is InChI=1S/C48H56F4N6O8S2/c1-8-10-11-12-13-14-34(53-30-15-17-33(49)40(21-30)66-48(50,51)52)44(60)58-25-31(22-37(58)42(59)56-47(24-29(47)9-2)45(61)57-68(62,63)46(6)19-20-46)65-39-23-35(43-55-36(26-67-43)27(3)4)54-41-28(5)38(64-7)18-16-32(39)41/h8-9,15-18,21,23,26-27,29,31,34,37,53H,1-2,10-14,19-20,22,24-25H2,3-7H3,(H,56,59)(H,57,61)/t29-,31-,34+,37+,47-/m1/s1. The van der Waals surface area contributed by atoms with Crippen LogP contribution in [0.25, 0.3) is 21.6 Å². The molecule has 0 bridgehead atoms. The number of amides is 3. The van der Waals surface area contributed by atoms with Gasteiger partial charge in [0.05, 0.1) is 29.6 Å². The van der Waals surface area contributed by atoms with Gasteiger partial charge in [-0.1, -0.05) is 38.8 Å². The number of thiazole rings is 1. The molecular weight excluding hydrogens is 929 g/mol. The number of carbonyl (C=O) groups excluding carboxylic acids is 3. The molecule has 0 unspecified atom stereocenters. The number of alkyl halides is 3. The monoisotopic (exact) mass is 984 g/mol. The van der Waals surface area contributed by atoms with Crippen LogP contribution in [0.3, 0.4) is 0 Å². The van der Waals surface area contributed by atoms with Crippen molar-refractivity contribution in [1.29, 1.82) is 0 Å². The molecule has 20 heteroatoms. The lowest BCUT2D eigenvalue weighted by Crippen LogP contribution is -2.58. The molecule has 0 spiro atoms. The summed E-state index contributed by atoms with van der Waals surface area (Å²) in [5.41, 5.74) is 0.949. The van der Waals surface area contributed by atoms with Gasteiger partial charge in [-0.25, -0.2) is 22.8 Å². The van der Waals surface area contributed by atoms with Crippen molar-refractivity contribution < 1.29 is 54.6 Å². The number of rotatable bonds is 21. The van der Waals surface area contributed by atoms with Crippen LogP contribution in [0.2, 0.25) is 0 Å². The molecule has 2 aromatic carbocycles. The predicted molar refractivity (Wildman–Crippen MR) is 250 cm³/mol. The van der Waals surface area contributed by atoms with Crippen LogP contribution in [0.4, 0.5) is 23.2 Å². The Hall–Kier alpha value is -5.76. The number of hydrogen-bond acceptors (Lipinski definition) is 12. The molecule has 3 aliphatic rings. The molecule has 2 saturated carbocycles. The number of benzene rings is 2. The number of methoxy groups -OCH3 is 1. The number of aromatic nitrogens is 2. The first-order valence-corrected chi connectivity index (χ1v) is 24.8. The third kappa shape index (κ3) is 10.7. The molecule has 7 rings (SSSR count). The Balaban J connectivity index is 1.25. The highest BCUT2D eigenvalue weighted by atomic mass is 32.2. The molecule has 1 aliphatic heterocycles. The number of aryl methyl sites for hydroxylation is 1. The lowest BCUT2D eigenvalue weighted by molar-refractivity contribution is -0.275. The average Bonchev–Trinajstić information content (AvgIpc) is 4.07. The van der Waals surface area contributed by atoms with Gasteiger partial charge in [0.2, 0.25) is 21.8 Å². The summed E-state index contributed by atoms with van der Waals surface area (Å²) >= 11 is 1.42. The van der Waals surface area contributed by atoms with Crippen LogP contribution in [0, 0.1) is 18.7 Å². The lowest BCUT2D eigenvalue weighted by Gasteiger charge is -2.30. The summed E-state index contributed by atoms with van der Waals surface area (Å²) in [5, 5.41) is 8.97. The highest BCUT2D eigenvalue weighted by Gasteiger charge is 2.63. The van der Waals surface area contributed by atoms with Crippen LogP contribution in [-0.2, 0) is 24.4 Å². The molecule has 68 heavy (non-hydrogen) atoms. The van der Waals surface area contributed by atoms with E-state index in [0.717, 1.165) is 29.8 Å². The summed E-state index contributed by atoms with van der Waals surface area (Å²) in [6.07, 6.45) is 0.541. The van der Waals surface area contributed by atoms with E-state index in [9.17, 15) is 35.6 Å². The molecule has 2 aliphatic carbocycles. The van der Waals surface area contributed by atoms with E-state index < -0.39 is 80.1 Å². The van der Waals surface area contributed by atoms with Crippen molar-refractivity contribution in [3.8, 4) is 28.0 Å². The third-order valence-electron chi connectivity index (χ3n) is 12.9. The second-order valence-electron chi connectivity index (χ2n) is 18.2. The highest BCUT2D eigenvalue weighted by Crippen LogP contribution is 2.47. The van der Waals surface area contributed by atoms with Gasteiger partial charge >= 0.3 is 6.36 Å². The molecule has 3 amide bonds. The summed E-state index contributed by atoms with van der Waals surface area (Å²) in [6, 6.07) is 5.62. The van der Waals surface area contributed by atoms with Crippen LogP contribution in [0.5, 0.6) is 17.2 Å². The Kier molecular flexibility index (Phi) is 14.5. The molecule has 3 N–H and O–H groups in total. The number of fused-ring (bicyclic) bond motifs is 1. The van der Waals surface area contributed by atoms with Crippen molar-refractivity contribution in [3.05, 3.63) is 84.2 Å². The number of ether oxygens (including phenoxy) is 3. The Morgan fingerprint density at radius 3 is 2.43 bits per heavy atom. The van der Waals surface area contributed by atoms with E-state index >= 15 is 4.79 Å². The Morgan fingerprint density at radius 2 is 1.79 bits per heavy atom. The molecule has 2 aromatic heterocycles. The number of nitrogens with one attached hydrogen (secondary N) is 3. The number of likely N-dealkylation sites (tertiary alicyclic amines) is 1. The summed E-state index contributed by atoms with van der Waals surface area (Å²) in [5.74, 6) is -4.23. The van der Waals surface area contributed by atoms with Crippen molar-refractivity contribution in [2.75, 3.05) is 19.0 Å². The van der Waals surface area contributed by atoms with Gasteiger partial charge in [0.15, 0.2) is 11.6 Å².